The zero-order chi connectivity index (χ0) is 18.0. The predicted molar refractivity (Wildman–Crippen MR) is 103 cm³/mol. The van der Waals surface area contributed by atoms with Crippen molar-refractivity contribution in [3.8, 4) is 0 Å². The Balaban J connectivity index is 1.81. The third-order valence-corrected chi connectivity index (χ3v) is 5.47. The van der Waals surface area contributed by atoms with Crippen LogP contribution in [0.5, 0.6) is 0 Å². The average molecular weight is 354 g/mol. The highest BCUT2D eigenvalue weighted by molar-refractivity contribution is 8.00. The van der Waals surface area contributed by atoms with Crippen LogP contribution in [-0.2, 0) is 9.59 Å². The quantitative estimate of drug-likeness (QED) is 0.842. The molecule has 1 N–H and O–H groups in total. The SMILES string of the molecule is Cc1ccc(SCC(=O)N2c3ccccc3NC(=O)C[C@H]2C)c(C)c1. The second-order valence-corrected chi connectivity index (χ2v) is 7.46. The molecule has 0 aliphatic carbocycles. The predicted octanol–water partition coefficient (Wildman–Crippen LogP) is 4.16. The van der Waals surface area contributed by atoms with Crippen LogP contribution in [0.3, 0.4) is 0 Å². The van der Waals surface area contributed by atoms with E-state index in [1.807, 2.05) is 31.2 Å². The molecule has 130 valence electrons. The number of amides is 2. The molecule has 2 aromatic carbocycles. The van der Waals surface area contributed by atoms with Crippen LogP contribution < -0.4 is 10.2 Å². The number of hydrogen-bond donors (Lipinski definition) is 1. The van der Waals surface area contributed by atoms with Gasteiger partial charge in [0.05, 0.1) is 17.1 Å². The van der Waals surface area contributed by atoms with E-state index in [2.05, 4.69) is 37.4 Å². The topological polar surface area (TPSA) is 49.4 Å². The molecule has 0 bridgehead atoms. The minimum atomic E-state index is -0.170. The van der Waals surface area contributed by atoms with Crippen LogP contribution in [0, 0.1) is 13.8 Å². The summed E-state index contributed by atoms with van der Waals surface area (Å²) >= 11 is 1.55. The van der Waals surface area contributed by atoms with Gasteiger partial charge in [-0.25, -0.2) is 0 Å². The number of hydrogen-bond acceptors (Lipinski definition) is 3. The number of aryl methyl sites for hydroxylation is 2. The lowest BCUT2D eigenvalue weighted by molar-refractivity contribution is -0.117. The first-order valence-electron chi connectivity index (χ1n) is 8.36. The Hall–Kier alpha value is -2.27. The molecule has 0 aromatic heterocycles. The van der Waals surface area contributed by atoms with Crippen molar-refractivity contribution in [3.05, 3.63) is 53.6 Å². The van der Waals surface area contributed by atoms with E-state index in [4.69, 9.17) is 0 Å². The van der Waals surface area contributed by atoms with E-state index in [0.717, 1.165) is 10.6 Å². The Morgan fingerprint density at radius 2 is 2.00 bits per heavy atom. The van der Waals surface area contributed by atoms with Gasteiger partial charge in [-0.05, 0) is 44.5 Å². The molecule has 2 amide bonds. The van der Waals surface area contributed by atoms with Gasteiger partial charge in [-0.3, -0.25) is 9.59 Å². The third-order valence-electron chi connectivity index (χ3n) is 4.31. The van der Waals surface area contributed by atoms with Crippen LogP contribution in [0.15, 0.2) is 47.4 Å². The van der Waals surface area contributed by atoms with Crippen LogP contribution in [0.25, 0.3) is 0 Å². The lowest BCUT2D eigenvalue weighted by Crippen LogP contribution is -2.40. The normalized spacial score (nSPS) is 16.8. The summed E-state index contributed by atoms with van der Waals surface area (Å²) in [4.78, 5) is 27.8. The number of carbonyl (C=O) groups is 2. The number of fused-ring (bicyclic) bond motifs is 1. The lowest BCUT2D eigenvalue weighted by atomic mass is 10.2. The molecule has 0 radical (unpaired) electrons. The first-order chi connectivity index (χ1) is 12.0. The number of para-hydroxylation sites is 2. The molecular weight excluding hydrogens is 332 g/mol. The molecule has 0 unspecified atom stereocenters. The van der Waals surface area contributed by atoms with Gasteiger partial charge >= 0.3 is 0 Å². The molecule has 2 aromatic rings. The maximum Gasteiger partial charge on any atom is 0.237 e. The minimum Gasteiger partial charge on any atom is -0.324 e. The van der Waals surface area contributed by atoms with Gasteiger partial charge in [-0.15, -0.1) is 11.8 Å². The maximum absolute atomic E-state index is 12.9. The summed E-state index contributed by atoms with van der Waals surface area (Å²) in [7, 11) is 0. The van der Waals surface area contributed by atoms with E-state index in [1.54, 1.807) is 16.7 Å². The molecule has 0 spiro atoms. The highest BCUT2D eigenvalue weighted by Crippen LogP contribution is 2.32. The third kappa shape index (κ3) is 3.87. The molecule has 1 atom stereocenters. The number of nitrogens with one attached hydrogen (secondary N) is 1. The lowest BCUT2D eigenvalue weighted by Gasteiger charge is -2.27. The fourth-order valence-electron chi connectivity index (χ4n) is 3.14. The Morgan fingerprint density at radius 1 is 1.24 bits per heavy atom. The molecule has 1 aliphatic heterocycles. The summed E-state index contributed by atoms with van der Waals surface area (Å²) in [5.41, 5.74) is 3.86. The Kier molecular flexibility index (Phi) is 5.13. The second kappa shape index (κ2) is 7.31. The Labute approximate surface area is 152 Å². The van der Waals surface area contributed by atoms with Crippen molar-refractivity contribution < 1.29 is 9.59 Å². The van der Waals surface area contributed by atoms with E-state index in [1.165, 1.54) is 11.1 Å². The first-order valence-corrected chi connectivity index (χ1v) is 9.35. The highest BCUT2D eigenvalue weighted by atomic mass is 32.2. The fourth-order valence-corrected chi connectivity index (χ4v) is 4.01. The van der Waals surface area contributed by atoms with Crippen molar-refractivity contribution in [3.63, 3.8) is 0 Å². The Bertz CT molecular complexity index is 819. The maximum atomic E-state index is 12.9. The van der Waals surface area contributed by atoms with Crippen molar-refractivity contribution in [2.45, 2.75) is 38.1 Å². The van der Waals surface area contributed by atoms with Crippen molar-refractivity contribution >= 4 is 35.0 Å². The largest absolute Gasteiger partial charge is 0.324 e. The summed E-state index contributed by atoms with van der Waals surface area (Å²) in [6.45, 7) is 6.04. The zero-order valence-corrected chi connectivity index (χ0v) is 15.5. The van der Waals surface area contributed by atoms with Crippen LogP contribution >= 0.6 is 11.8 Å². The minimum absolute atomic E-state index is 0.0152. The fraction of sp³-hybridized carbons (Fsp3) is 0.300. The molecule has 25 heavy (non-hydrogen) atoms. The number of nitrogens with zero attached hydrogens (tertiary/aromatic N) is 1. The van der Waals surface area contributed by atoms with Crippen LogP contribution in [0.4, 0.5) is 11.4 Å². The number of thioether (sulfide) groups is 1. The molecule has 0 saturated heterocycles. The van der Waals surface area contributed by atoms with Crippen molar-refractivity contribution in [2.24, 2.45) is 0 Å². The molecule has 0 saturated carbocycles. The van der Waals surface area contributed by atoms with Crippen molar-refractivity contribution in [1.29, 1.82) is 0 Å². The first kappa shape index (κ1) is 17.5. The standard InChI is InChI=1S/C20H22N2O2S/c1-13-8-9-18(14(2)10-13)25-12-20(24)22-15(3)11-19(23)21-16-6-4-5-7-17(16)22/h4-10,15H,11-12H2,1-3H3,(H,21,23)/t15-/m1/s1. The molecule has 1 aliphatic rings. The average Bonchev–Trinajstić information content (AvgIpc) is 2.68. The van der Waals surface area contributed by atoms with Crippen LogP contribution in [0.1, 0.15) is 24.5 Å². The van der Waals surface area contributed by atoms with Crippen molar-refractivity contribution in [1.82, 2.24) is 0 Å². The summed E-state index contributed by atoms with van der Waals surface area (Å²) < 4.78 is 0. The number of rotatable bonds is 3. The van der Waals surface area contributed by atoms with Crippen LogP contribution in [-0.4, -0.2) is 23.6 Å². The van der Waals surface area contributed by atoms with E-state index < -0.39 is 0 Å². The zero-order valence-electron chi connectivity index (χ0n) is 14.7. The van der Waals surface area contributed by atoms with Crippen LogP contribution in [0.2, 0.25) is 0 Å². The van der Waals surface area contributed by atoms with Gasteiger partial charge in [0.15, 0.2) is 0 Å². The van der Waals surface area contributed by atoms with Gasteiger partial charge in [0, 0.05) is 17.4 Å². The van der Waals surface area contributed by atoms with E-state index in [9.17, 15) is 9.59 Å². The van der Waals surface area contributed by atoms with Gasteiger partial charge in [0.25, 0.3) is 0 Å². The summed E-state index contributed by atoms with van der Waals surface area (Å²) in [6.07, 6.45) is 0.300. The van der Waals surface area contributed by atoms with E-state index in [0.29, 0.717) is 17.9 Å². The molecule has 3 rings (SSSR count). The van der Waals surface area contributed by atoms with Gasteiger partial charge in [0.1, 0.15) is 0 Å². The highest BCUT2D eigenvalue weighted by Gasteiger charge is 2.29. The molecule has 1 heterocycles. The van der Waals surface area contributed by atoms with Gasteiger partial charge in [0.2, 0.25) is 11.8 Å². The molecule has 4 nitrogen and oxygen atoms in total. The smallest absolute Gasteiger partial charge is 0.237 e. The van der Waals surface area contributed by atoms with Gasteiger partial charge in [-0.2, -0.15) is 0 Å². The molecule has 0 fully saturated rings. The second-order valence-electron chi connectivity index (χ2n) is 6.44. The Morgan fingerprint density at radius 3 is 2.76 bits per heavy atom. The summed E-state index contributed by atoms with van der Waals surface area (Å²) in [5.74, 6) is 0.301. The van der Waals surface area contributed by atoms with E-state index in [-0.39, 0.29) is 17.9 Å². The number of carbonyl (C=O) groups excluding carboxylic acids is 2. The van der Waals surface area contributed by atoms with Gasteiger partial charge < -0.3 is 10.2 Å². The molecule has 5 heteroatoms. The van der Waals surface area contributed by atoms with Gasteiger partial charge in [-0.1, -0.05) is 29.8 Å². The monoisotopic (exact) mass is 354 g/mol. The summed E-state index contributed by atoms with van der Waals surface area (Å²) in [5, 5.41) is 2.89. The molecular formula is C20H22N2O2S. The van der Waals surface area contributed by atoms with Crippen molar-refractivity contribution in [2.75, 3.05) is 16.0 Å². The summed E-state index contributed by atoms with van der Waals surface area (Å²) in [6, 6.07) is 13.6. The van der Waals surface area contributed by atoms with E-state index >= 15 is 0 Å². The number of benzene rings is 2. The number of anilines is 2.